The molecule has 1 N–H and O–H groups in total. The fourth-order valence-corrected chi connectivity index (χ4v) is 6.24. The number of rotatable bonds is 8. The molecule has 36 heavy (non-hydrogen) atoms. The number of hydrogen-bond acceptors (Lipinski definition) is 6. The van der Waals surface area contributed by atoms with E-state index in [-0.39, 0.29) is 36.1 Å². The Morgan fingerprint density at radius 3 is 2.47 bits per heavy atom. The van der Waals surface area contributed by atoms with Crippen LogP contribution in [0.5, 0.6) is 0 Å². The van der Waals surface area contributed by atoms with Gasteiger partial charge in [-0.3, -0.25) is 4.90 Å². The molecule has 0 radical (unpaired) electrons. The van der Waals surface area contributed by atoms with Crippen molar-refractivity contribution in [2.45, 2.75) is 56.3 Å². The van der Waals surface area contributed by atoms with Gasteiger partial charge in [0.25, 0.3) is 10.2 Å². The highest BCUT2D eigenvalue weighted by molar-refractivity contribution is 7.87. The van der Waals surface area contributed by atoms with Crippen LogP contribution < -0.4 is 4.72 Å². The maximum absolute atomic E-state index is 13.6. The number of likely N-dealkylation sites (tertiary alicyclic amines) is 2. The lowest BCUT2D eigenvalue weighted by Gasteiger charge is -2.41. The first-order valence-electron chi connectivity index (χ1n) is 12.8. The van der Waals surface area contributed by atoms with Crippen LogP contribution >= 0.6 is 0 Å². The number of ether oxygens (including phenoxy) is 2. The van der Waals surface area contributed by atoms with Gasteiger partial charge in [-0.1, -0.05) is 12.1 Å². The minimum atomic E-state index is -3.62. The molecule has 1 aliphatic carbocycles. The van der Waals surface area contributed by atoms with Crippen LogP contribution in [-0.2, 0) is 19.7 Å². The molecule has 2 saturated heterocycles. The molecule has 2 aliphatic heterocycles. The van der Waals surface area contributed by atoms with Gasteiger partial charge < -0.3 is 14.4 Å². The number of nitrogens with zero attached hydrogens (tertiary/aromatic N) is 3. The number of halogens is 1. The van der Waals surface area contributed by atoms with Gasteiger partial charge in [-0.2, -0.15) is 17.4 Å². The van der Waals surface area contributed by atoms with E-state index in [1.807, 2.05) is 13.1 Å². The van der Waals surface area contributed by atoms with Crippen LogP contribution in [-0.4, -0.2) is 101 Å². The Balaban J connectivity index is 1.33. The molecule has 202 valence electrons. The third-order valence-corrected chi connectivity index (χ3v) is 9.17. The van der Waals surface area contributed by atoms with Crippen LogP contribution in [0.1, 0.15) is 43.6 Å². The molecule has 11 heteroatoms. The van der Waals surface area contributed by atoms with Crippen LogP contribution in [0.2, 0.25) is 0 Å². The summed E-state index contributed by atoms with van der Waals surface area (Å²) in [6.45, 7) is 2.62. The van der Waals surface area contributed by atoms with Crippen molar-refractivity contribution < 1.29 is 27.1 Å². The molecule has 4 rings (SSSR count). The number of hydrogen-bond donors (Lipinski definition) is 1. The number of carbonyl (C=O) groups is 1. The van der Waals surface area contributed by atoms with Gasteiger partial charge in [0.05, 0.1) is 12.7 Å². The van der Waals surface area contributed by atoms with E-state index in [2.05, 4.69) is 9.62 Å². The smallest absolute Gasteiger partial charge is 0.410 e. The molecule has 3 aliphatic rings. The number of nitrogens with one attached hydrogen (secondary N) is 1. The SMILES string of the molecule is CN1CC(OC(=O)N2CC[C@H](NS(=O)(=O)N(C)C)[C@H](COC3CCC(c4cccc(F)c4)CC3)C2)C1. The van der Waals surface area contributed by atoms with Crippen LogP contribution in [0, 0.1) is 11.7 Å². The number of piperidine rings is 1. The molecule has 1 amide bonds. The summed E-state index contributed by atoms with van der Waals surface area (Å²) in [5, 5.41) is 0. The third-order valence-electron chi connectivity index (χ3n) is 7.61. The van der Waals surface area contributed by atoms with E-state index < -0.39 is 10.2 Å². The Bertz CT molecular complexity index is 996. The van der Waals surface area contributed by atoms with Gasteiger partial charge in [0, 0.05) is 52.2 Å². The number of amides is 1. The van der Waals surface area contributed by atoms with Crippen LogP contribution in [0.15, 0.2) is 24.3 Å². The summed E-state index contributed by atoms with van der Waals surface area (Å²) in [6.07, 6.45) is 3.69. The van der Waals surface area contributed by atoms with Crippen LogP contribution in [0.4, 0.5) is 9.18 Å². The van der Waals surface area contributed by atoms with Crippen molar-refractivity contribution in [2.75, 3.05) is 53.9 Å². The molecule has 2 heterocycles. The number of benzene rings is 1. The van der Waals surface area contributed by atoms with Gasteiger partial charge >= 0.3 is 6.09 Å². The summed E-state index contributed by atoms with van der Waals surface area (Å²) in [4.78, 5) is 16.5. The summed E-state index contributed by atoms with van der Waals surface area (Å²) >= 11 is 0. The molecule has 2 atom stereocenters. The lowest BCUT2D eigenvalue weighted by molar-refractivity contribution is -0.0351. The maximum atomic E-state index is 13.6. The van der Waals surface area contributed by atoms with Crippen molar-refractivity contribution in [3.05, 3.63) is 35.6 Å². The molecule has 1 aromatic carbocycles. The van der Waals surface area contributed by atoms with Crippen molar-refractivity contribution >= 4 is 16.3 Å². The Morgan fingerprint density at radius 2 is 1.83 bits per heavy atom. The first kappa shape index (κ1) is 27.3. The van der Waals surface area contributed by atoms with Gasteiger partial charge in [-0.15, -0.1) is 0 Å². The third kappa shape index (κ3) is 6.95. The van der Waals surface area contributed by atoms with E-state index in [0.717, 1.165) is 48.6 Å². The van der Waals surface area contributed by atoms with Crippen LogP contribution in [0.25, 0.3) is 0 Å². The summed E-state index contributed by atoms with van der Waals surface area (Å²) in [7, 11) is 1.35. The number of likely N-dealkylation sites (N-methyl/N-ethyl adjacent to an activating group) is 1. The molecule has 0 bridgehead atoms. The maximum Gasteiger partial charge on any atom is 0.410 e. The quantitative estimate of drug-likeness (QED) is 0.560. The standard InChI is InChI=1S/C25H39FN4O5S/c1-28(2)36(32,33)27-24-11-12-30(25(31)35-23-15-29(3)16-23)14-20(24)17-34-22-9-7-18(8-10-22)19-5-4-6-21(26)13-19/h4-6,13,18,20,22-24,27H,7-12,14-17H2,1-3H3/t18?,20-,22?,24-/m0/s1. The number of carbonyl (C=O) groups excluding carboxylic acids is 1. The normalized spacial score (nSPS) is 28.2. The second-order valence-electron chi connectivity index (χ2n) is 10.6. The van der Waals surface area contributed by atoms with E-state index in [9.17, 15) is 17.6 Å². The lowest BCUT2D eigenvalue weighted by atomic mass is 9.82. The van der Waals surface area contributed by atoms with E-state index >= 15 is 0 Å². The molecule has 9 nitrogen and oxygen atoms in total. The molecule has 0 aromatic heterocycles. The average Bonchev–Trinajstić information content (AvgIpc) is 2.82. The second kappa shape index (κ2) is 11.7. The molecule has 0 unspecified atom stereocenters. The van der Waals surface area contributed by atoms with Gasteiger partial charge in [0.2, 0.25) is 0 Å². The zero-order valence-corrected chi connectivity index (χ0v) is 22.3. The predicted molar refractivity (Wildman–Crippen MR) is 134 cm³/mol. The van der Waals surface area contributed by atoms with Crippen molar-refractivity contribution in [1.82, 2.24) is 18.8 Å². The highest BCUT2D eigenvalue weighted by Crippen LogP contribution is 2.34. The molecule has 1 aromatic rings. The van der Waals surface area contributed by atoms with Crippen LogP contribution in [0.3, 0.4) is 0 Å². The minimum absolute atomic E-state index is 0.0637. The Labute approximate surface area is 214 Å². The monoisotopic (exact) mass is 526 g/mol. The molecular weight excluding hydrogens is 487 g/mol. The first-order chi connectivity index (χ1) is 17.1. The van der Waals surface area contributed by atoms with E-state index in [1.54, 1.807) is 17.0 Å². The Morgan fingerprint density at radius 1 is 1.11 bits per heavy atom. The van der Waals surface area contributed by atoms with Gasteiger partial charge in [-0.05, 0) is 62.8 Å². The first-order valence-corrected chi connectivity index (χ1v) is 14.3. The van der Waals surface area contributed by atoms with Crippen molar-refractivity contribution in [1.29, 1.82) is 0 Å². The lowest BCUT2D eigenvalue weighted by Crippen LogP contribution is -2.57. The van der Waals surface area contributed by atoms with E-state index in [1.165, 1.54) is 20.2 Å². The fourth-order valence-electron chi connectivity index (χ4n) is 5.34. The van der Waals surface area contributed by atoms with Crippen molar-refractivity contribution in [3.63, 3.8) is 0 Å². The Kier molecular flexibility index (Phi) is 8.87. The fraction of sp³-hybridized carbons (Fsp3) is 0.720. The topological polar surface area (TPSA) is 91.4 Å². The average molecular weight is 527 g/mol. The van der Waals surface area contributed by atoms with E-state index in [4.69, 9.17) is 9.47 Å². The summed E-state index contributed by atoms with van der Waals surface area (Å²) in [6, 6.07) is 6.48. The molecule has 3 fully saturated rings. The van der Waals surface area contributed by atoms with Crippen molar-refractivity contribution in [2.24, 2.45) is 5.92 Å². The zero-order valence-electron chi connectivity index (χ0n) is 21.4. The predicted octanol–water partition coefficient (Wildman–Crippen LogP) is 2.41. The largest absolute Gasteiger partial charge is 0.443 e. The molecular formula is C25H39FN4O5S. The molecule has 0 spiro atoms. The van der Waals surface area contributed by atoms with E-state index in [0.29, 0.717) is 32.0 Å². The highest BCUT2D eigenvalue weighted by atomic mass is 32.2. The minimum Gasteiger partial charge on any atom is -0.443 e. The second-order valence-corrected chi connectivity index (χ2v) is 12.5. The zero-order chi connectivity index (χ0) is 25.9. The summed E-state index contributed by atoms with van der Waals surface area (Å²) in [5.41, 5.74) is 1.03. The summed E-state index contributed by atoms with van der Waals surface area (Å²) < 4.78 is 54.5. The summed E-state index contributed by atoms with van der Waals surface area (Å²) in [5.74, 6) is -0.0708. The van der Waals surface area contributed by atoms with Gasteiger partial charge in [-0.25, -0.2) is 9.18 Å². The van der Waals surface area contributed by atoms with Gasteiger partial charge in [0.1, 0.15) is 11.9 Å². The highest BCUT2D eigenvalue weighted by Gasteiger charge is 2.37. The molecule has 1 saturated carbocycles. The Hall–Kier alpha value is -1.79. The van der Waals surface area contributed by atoms with Crippen molar-refractivity contribution in [3.8, 4) is 0 Å². The van der Waals surface area contributed by atoms with Gasteiger partial charge in [0.15, 0.2) is 0 Å².